The van der Waals surface area contributed by atoms with E-state index in [-0.39, 0.29) is 5.41 Å². The van der Waals surface area contributed by atoms with Crippen molar-refractivity contribution in [1.82, 2.24) is 58.7 Å². The van der Waals surface area contributed by atoms with Crippen LogP contribution in [0.4, 0.5) is 0 Å². The monoisotopic (exact) mass is 1150 g/mol. The summed E-state index contributed by atoms with van der Waals surface area (Å²) in [5, 5.41) is 0. The number of piperidine rings is 1. The summed E-state index contributed by atoms with van der Waals surface area (Å²) in [6.07, 6.45) is 17.6. The van der Waals surface area contributed by atoms with Gasteiger partial charge in [0.1, 0.15) is 0 Å². The van der Waals surface area contributed by atoms with Crippen LogP contribution in [0, 0.1) is 0 Å². The van der Waals surface area contributed by atoms with E-state index in [2.05, 4.69) is 244 Å². The minimum atomic E-state index is 0.205. The summed E-state index contributed by atoms with van der Waals surface area (Å²) in [6, 6.07) is 2.05. The Kier molecular flexibility index (Phi) is 36.1. The van der Waals surface area contributed by atoms with Gasteiger partial charge in [-0.05, 0) is 224 Å². The van der Waals surface area contributed by atoms with Crippen LogP contribution in [0.25, 0.3) is 0 Å². The highest BCUT2D eigenvalue weighted by molar-refractivity contribution is 7.99. The molecule has 2 aromatic heterocycles. The second-order valence-electron chi connectivity index (χ2n) is 30.0. The number of rotatable bonds is 3. The van der Waals surface area contributed by atoms with Crippen molar-refractivity contribution in [2.45, 2.75) is 256 Å². The average Bonchev–Trinajstić information content (AvgIpc) is 3.73. The number of aromatic amines is 1. The molecule has 7 aliphatic rings. The van der Waals surface area contributed by atoms with Crippen LogP contribution in [0.5, 0.6) is 0 Å². The van der Waals surface area contributed by atoms with E-state index >= 15 is 0 Å². The van der Waals surface area contributed by atoms with Crippen LogP contribution in [0.3, 0.4) is 0 Å². The second kappa shape index (κ2) is 37.8. The number of imidazole rings is 2. The topological polar surface area (TPSA) is 81.4 Å². The molecule has 0 amide bonds. The molecule has 0 unspecified atom stereocenters. The fourth-order valence-corrected chi connectivity index (χ4v) is 10.5. The number of nitrogens with one attached hydrogen (secondary N) is 1. The third-order valence-electron chi connectivity index (χ3n) is 16.0. The van der Waals surface area contributed by atoms with E-state index in [4.69, 9.17) is 4.74 Å². The first kappa shape index (κ1) is 76.4. The molecular formula is C66H136N12OS. The Morgan fingerprint density at radius 1 is 0.438 bits per heavy atom. The molecule has 7 fully saturated rings. The first-order chi connectivity index (χ1) is 36.9. The first-order valence-electron chi connectivity index (χ1n) is 32.0. The normalized spacial score (nSPS) is 20.6. The number of morpholine rings is 1. The van der Waals surface area contributed by atoms with Crippen molar-refractivity contribution in [1.29, 1.82) is 0 Å². The lowest BCUT2D eigenvalue weighted by atomic mass is 9.93. The van der Waals surface area contributed by atoms with Crippen LogP contribution in [-0.2, 0) is 10.2 Å². The Balaban J connectivity index is 0.000000451. The van der Waals surface area contributed by atoms with Crippen molar-refractivity contribution in [2.75, 3.05) is 136 Å². The first-order valence-corrected chi connectivity index (χ1v) is 33.1. The van der Waals surface area contributed by atoms with Gasteiger partial charge in [-0.15, -0.1) is 0 Å². The predicted octanol–water partition coefficient (Wildman–Crippen LogP) is 13.1. The number of ether oxygens (including phenoxy) is 1. The van der Waals surface area contributed by atoms with Gasteiger partial charge in [0.25, 0.3) is 0 Å². The molecule has 9 heterocycles. The smallest absolute Gasteiger partial charge is 0.0948 e. The average molecular weight is 1150 g/mol. The number of H-pyrrole nitrogens is 1. The Morgan fingerprint density at radius 2 is 0.825 bits per heavy atom. The number of likely N-dealkylation sites (tertiary alicyclic amines) is 3. The van der Waals surface area contributed by atoms with Gasteiger partial charge in [0, 0.05) is 152 Å². The molecule has 9 rings (SSSR count). The van der Waals surface area contributed by atoms with Gasteiger partial charge in [-0.1, -0.05) is 27.2 Å². The molecule has 7 aliphatic heterocycles. The molecule has 472 valence electrons. The van der Waals surface area contributed by atoms with Gasteiger partial charge < -0.3 is 24.1 Å². The minimum absolute atomic E-state index is 0.205. The van der Waals surface area contributed by atoms with Gasteiger partial charge in [0.05, 0.1) is 25.9 Å². The molecule has 1 N–H and O–H groups in total. The summed E-state index contributed by atoms with van der Waals surface area (Å²) in [5.41, 5.74) is 3.38. The highest BCUT2D eigenvalue weighted by Gasteiger charge is 2.30. The Hall–Kier alpha value is -1.59. The maximum absolute atomic E-state index is 5.25. The lowest BCUT2D eigenvalue weighted by Gasteiger charge is -2.42. The molecule has 0 atom stereocenters. The Bertz CT molecular complexity index is 1660. The number of hydrogen-bond donors (Lipinski definition) is 1. The zero-order chi connectivity index (χ0) is 61.0. The molecule has 7 saturated heterocycles. The largest absolute Gasteiger partial charge is 0.379 e. The van der Waals surface area contributed by atoms with E-state index in [0.717, 1.165) is 38.4 Å². The number of aromatic nitrogens is 4. The molecule has 14 heteroatoms. The summed E-state index contributed by atoms with van der Waals surface area (Å²) in [5.74, 6) is 2.63. The van der Waals surface area contributed by atoms with Crippen molar-refractivity contribution in [2.24, 2.45) is 0 Å². The molecule has 2 aromatic rings. The summed E-state index contributed by atoms with van der Waals surface area (Å²) in [4.78, 5) is 30.9. The quantitative estimate of drug-likeness (QED) is 0.297. The molecule has 0 aliphatic carbocycles. The van der Waals surface area contributed by atoms with Crippen LogP contribution in [0.15, 0.2) is 31.2 Å². The van der Waals surface area contributed by atoms with E-state index in [1.54, 1.807) is 12.5 Å². The fourth-order valence-electron chi connectivity index (χ4n) is 9.58. The predicted molar refractivity (Wildman–Crippen MR) is 353 cm³/mol. The van der Waals surface area contributed by atoms with Crippen molar-refractivity contribution in [3.8, 4) is 0 Å². The van der Waals surface area contributed by atoms with Crippen LogP contribution in [0.1, 0.15) is 216 Å². The van der Waals surface area contributed by atoms with Gasteiger partial charge in [0.2, 0.25) is 0 Å². The van der Waals surface area contributed by atoms with E-state index < -0.39 is 0 Å². The molecule has 80 heavy (non-hydrogen) atoms. The lowest BCUT2D eigenvalue weighted by molar-refractivity contribution is -0.00389. The molecule has 13 nitrogen and oxygen atoms in total. The number of nitrogens with zero attached hydrogens (tertiary/aromatic N) is 11. The Labute approximate surface area is 502 Å². The van der Waals surface area contributed by atoms with E-state index in [1.807, 2.05) is 18.7 Å². The maximum atomic E-state index is 5.25. The van der Waals surface area contributed by atoms with Crippen LogP contribution in [0.2, 0.25) is 0 Å². The number of piperazine rings is 1. The van der Waals surface area contributed by atoms with Gasteiger partial charge in [-0.2, -0.15) is 11.8 Å². The van der Waals surface area contributed by atoms with Gasteiger partial charge in [-0.25, -0.2) is 9.97 Å². The molecular weight excluding hydrogens is 1010 g/mol. The maximum Gasteiger partial charge on any atom is 0.0948 e. The van der Waals surface area contributed by atoms with E-state index in [0.29, 0.717) is 33.7 Å². The van der Waals surface area contributed by atoms with Crippen molar-refractivity contribution >= 4 is 11.8 Å². The van der Waals surface area contributed by atoms with Crippen LogP contribution >= 0.6 is 11.8 Å². The summed E-state index contributed by atoms with van der Waals surface area (Å²) < 4.78 is 7.31. The third-order valence-corrected chi connectivity index (χ3v) is 16.9. The Morgan fingerprint density at radius 3 is 1.06 bits per heavy atom. The number of thioether (sulfide) groups is 1. The molecule has 0 spiro atoms. The zero-order valence-corrected chi connectivity index (χ0v) is 58.6. The third kappa shape index (κ3) is 35.6. The number of likely N-dealkylation sites (N-methyl/N-ethyl adjacent to an activating group) is 1. The van der Waals surface area contributed by atoms with Gasteiger partial charge >= 0.3 is 0 Å². The van der Waals surface area contributed by atoms with Gasteiger partial charge in [0.15, 0.2) is 0 Å². The molecule has 0 radical (unpaired) electrons. The highest BCUT2D eigenvalue weighted by atomic mass is 32.2. The fraction of sp³-hybridized carbons (Fsp3) is 0.909. The van der Waals surface area contributed by atoms with Crippen molar-refractivity contribution in [3.63, 3.8) is 0 Å². The standard InChI is InChI=1S/C9H19N.C8H18N2.C8H17NO.C8H17NS.C7H12N2.2C7H15N.C6H10N2.C6H13N/c1-9(2,3)10-7-5-4-6-8-10;1-8(2)10-6-4-9(3)5-7-10;2*1-8(2,3)9-4-6-10-7-5-9;1-7(2,3)6-4-8-5-9-6;1-7(2,3)8-5-4-6-8;1-7(2)8-5-3-4-6-8;1-6(2)8-4-3-7-5-8;1-6(2,3)7-4-5-7/h4-8H2,1-3H3;8H,4-7H2,1-3H3;2*4-7H2,1-3H3;4-5H,1-3H3,(H,8,9);4-6H2,1-3H3;7H,3-6H2,1-2H3;3-6H,1-2H3;4-5H2,1-3H3. The summed E-state index contributed by atoms with van der Waals surface area (Å²) in [7, 11) is 2.19. The SMILES string of the molecule is CC(C)(C)N1CC1.CC(C)(C)N1CCC1.CC(C)(C)N1CCCCC1.CC(C)(C)N1CCOCC1.CC(C)(C)N1CCSCC1.CC(C)(C)c1cnc[nH]1.CC(C)N1CCCC1.CC(C)N1CCN(C)CC1.CC(C)n1ccnc1. The second-order valence-corrected chi connectivity index (χ2v) is 31.2. The van der Waals surface area contributed by atoms with Crippen LogP contribution in [-0.4, -0.2) is 235 Å². The minimum Gasteiger partial charge on any atom is -0.379 e. The summed E-state index contributed by atoms with van der Waals surface area (Å²) in [6.45, 7) is 75.9. The highest BCUT2D eigenvalue weighted by Crippen LogP contribution is 2.23. The zero-order valence-electron chi connectivity index (χ0n) is 57.7. The van der Waals surface area contributed by atoms with E-state index in [9.17, 15) is 0 Å². The summed E-state index contributed by atoms with van der Waals surface area (Å²) >= 11 is 2.07. The van der Waals surface area contributed by atoms with Crippen molar-refractivity contribution < 1.29 is 4.74 Å². The lowest BCUT2D eigenvalue weighted by Crippen LogP contribution is -2.49. The molecule has 0 bridgehead atoms. The molecule has 0 saturated carbocycles. The van der Waals surface area contributed by atoms with Gasteiger partial charge in [-0.3, -0.25) is 29.4 Å². The van der Waals surface area contributed by atoms with Crippen molar-refractivity contribution in [3.05, 3.63) is 36.9 Å². The number of hydrogen-bond acceptors (Lipinski definition) is 12. The van der Waals surface area contributed by atoms with Crippen LogP contribution < -0.4 is 0 Å². The molecule has 0 aromatic carbocycles. The van der Waals surface area contributed by atoms with E-state index in [1.165, 1.54) is 147 Å².